The van der Waals surface area contributed by atoms with Gasteiger partial charge in [-0.15, -0.1) is 11.3 Å². The summed E-state index contributed by atoms with van der Waals surface area (Å²) in [7, 11) is 1.51. The predicted octanol–water partition coefficient (Wildman–Crippen LogP) is 2.84. The van der Waals surface area contributed by atoms with E-state index in [1.54, 1.807) is 0 Å². The van der Waals surface area contributed by atoms with E-state index in [0.29, 0.717) is 18.0 Å². The number of hydrogen-bond donors (Lipinski definition) is 1. The first kappa shape index (κ1) is 14.4. The fourth-order valence-electron chi connectivity index (χ4n) is 2.64. The van der Waals surface area contributed by atoms with Gasteiger partial charge in [0.05, 0.1) is 5.56 Å². The Hall–Kier alpha value is -0.590. The van der Waals surface area contributed by atoms with E-state index in [2.05, 4.69) is 5.32 Å². The minimum absolute atomic E-state index is 0.0188. The molecule has 0 aromatic carbocycles. The monoisotopic (exact) mass is 333 g/mol. The Bertz CT molecular complexity index is 605. The third-order valence-electron chi connectivity index (χ3n) is 4.03. The maximum Gasteiger partial charge on any atom is 0.270 e. The van der Waals surface area contributed by atoms with Crippen LogP contribution in [0.15, 0.2) is 15.7 Å². The van der Waals surface area contributed by atoms with Crippen molar-refractivity contribution in [1.82, 2.24) is 5.32 Å². The molecule has 0 unspecified atom stereocenters. The molecule has 0 aliphatic heterocycles. The molecular weight excluding hydrogens is 318 g/mol. The maximum atomic E-state index is 12.0. The molecule has 0 saturated heterocycles. The van der Waals surface area contributed by atoms with Gasteiger partial charge in [0, 0.05) is 22.6 Å². The highest BCUT2D eigenvalue weighted by Crippen LogP contribution is 2.48. The predicted molar refractivity (Wildman–Crippen MR) is 78.6 cm³/mol. The Morgan fingerprint density at radius 3 is 2.40 bits per heavy atom. The highest BCUT2D eigenvalue weighted by Gasteiger charge is 2.41. The lowest BCUT2D eigenvalue weighted by Crippen LogP contribution is -2.30. The first-order valence-corrected chi connectivity index (χ1v) is 9.95. The minimum Gasteiger partial charge on any atom is -0.352 e. The third-order valence-corrected chi connectivity index (χ3v) is 7.07. The molecule has 0 radical (unpaired) electrons. The highest BCUT2D eigenvalue weighted by molar-refractivity contribution is 8.15. The molecule has 1 aromatic heterocycles. The van der Waals surface area contributed by atoms with Crippen LogP contribution in [0.2, 0.25) is 0 Å². The first-order chi connectivity index (χ1) is 9.45. The van der Waals surface area contributed by atoms with Gasteiger partial charge in [-0.2, -0.15) is 0 Å². The van der Waals surface area contributed by atoms with Gasteiger partial charge in [-0.05, 0) is 49.5 Å². The zero-order chi connectivity index (χ0) is 14.3. The maximum absolute atomic E-state index is 12.0. The molecule has 1 aromatic rings. The molecule has 3 rings (SSSR count). The largest absolute Gasteiger partial charge is 0.352 e. The number of carbonyl (C=O) groups excluding carboxylic acids is 1. The molecule has 7 heteroatoms. The van der Waals surface area contributed by atoms with Crippen molar-refractivity contribution < 1.29 is 13.2 Å². The van der Waals surface area contributed by atoms with Crippen LogP contribution in [0.5, 0.6) is 0 Å². The molecule has 2 aliphatic rings. The summed E-state index contributed by atoms with van der Waals surface area (Å²) < 4.78 is 22.4. The number of nitrogens with one attached hydrogen (secondary N) is 1. The van der Waals surface area contributed by atoms with Gasteiger partial charge in [0.25, 0.3) is 15.0 Å². The van der Waals surface area contributed by atoms with Gasteiger partial charge in [-0.1, -0.05) is 0 Å². The van der Waals surface area contributed by atoms with Crippen molar-refractivity contribution >= 4 is 37.0 Å². The molecule has 0 spiro atoms. The average Bonchev–Trinajstić information content (AvgIpc) is 3.29. The van der Waals surface area contributed by atoms with Gasteiger partial charge in [-0.25, -0.2) is 8.42 Å². The summed E-state index contributed by atoms with van der Waals surface area (Å²) in [6.07, 6.45) is 5.13. The van der Waals surface area contributed by atoms with Gasteiger partial charge in [0.2, 0.25) is 0 Å². The van der Waals surface area contributed by atoms with Crippen LogP contribution in [0.3, 0.4) is 0 Å². The molecule has 1 heterocycles. The summed E-state index contributed by atoms with van der Waals surface area (Å²) in [5, 5.41) is 4.47. The molecule has 2 fully saturated rings. The Labute approximate surface area is 126 Å². The van der Waals surface area contributed by atoms with Crippen LogP contribution in [0, 0.1) is 17.8 Å². The van der Waals surface area contributed by atoms with Crippen LogP contribution in [0.1, 0.15) is 36.0 Å². The fraction of sp³-hybridized carbons (Fsp3) is 0.615. The Balaban J connectivity index is 1.60. The van der Waals surface area contributed by atoms with Gasteiger partial charge < -0.3 is 5.32 Å². The van der Waals surface area contributed by atoms with E-state index in [9.17, 15) is 13.2 Å². The average molecular weight is 334 g/mol. The Morgan fingerprint density at radius 2 is 1.95 bits per heavy atom. The van der Waals surface area contributed by atoms with Crippen molar-refractivity contribution in [1.29, 1.82) is 0 Å². The van der Waals surface area contributed by atoms with Gasteiger partial charge in [0.15, 0.2) is 0 Å². The van der Waals surface area contributed by atoms with Crippen LogP contribution in [-0.2, 0) is 9.05 Å². The summed E-state index contributed by atoms with van der Waals surface area (Å²) in [6, 6.07) is 1.34. The molecule has 1 N–H and O–H groups in total. The standard InChI is InChI=1S/C13H16ClNO3S2/c14-20(17,18)12-5-10(7-19-12)13(16)15-6-11(8-1-2-8)9-3-4-9/h5,7-9,11H,1-4,6H2,(H,15,16). The number of hydrogen-bond acceptors (Lipinski definition) is 4. The van der Waals surface area contributed by atoms with Crippen LogP contribution in [0.25, 0.3) is 0 Å². The normalized spacial score (nSPS) is 19.3. The van der Waals surface area contributed by atoms with Crippen LogP contribution < -0.4 is 5.32 Å². The zero-order valence-corrected chi connectivity index (χ0v) is 13.2. The smallest absolute Gasteiger partial charge is 0.270 e. The lowest BCUT2D eigenvalue weighted by Gasteiger charge is -2.15. The third kappa shape index (κ3) is 3.35. The number of amides is 1. The van der Waals surface area contributed by atoms with E-state index in [4.69, 9.17) is 10.7 Å². The summed E-state index contributed by atoms with van der Waals surface area (Å²) >= 11 is 0.976. The molecule has 2 aliphatic carbocycles. The van der Waals surface area contributed by atoms with Crippen LogP contribution in [-0.4, -0.2) is 20.9 Å². The second-order valence-electron chi connectivity index (χ2n) is 5.64. The molecule has 0 bridgehead atoms. The molecular formula is C13H16ClNO3S2. The first-order valence-electron chi connectivity index (χ1n) is 6.76. The van der Waals surface area contributed by atoms with Crippen molar-refractivity contribution in [3.05, 3.63) is 17.0 Å². The summed E-state index contributed by atoms with van der Waals surface area (Å²) in [5.41, 5.74) is 0.375. The number of rotatable bonds is 6. The van der Waals surface area contributed by atoms with E-state index in [1.165, 1.54) is 37.1 Å². The lowest BCUT2D eigenvalue weighted by atomic mass is 9.98. The van der Waals surface area contributed by atoms with Crippen molar-refractivity contribution in [2.24, 2.45) is 17.8 Å². The Morgan fingerprint density at radius 1 is 1.35 bits per heavy atom. The van der Waals surface area contributed by atoms with E-state index >= 15 is 0 Å². The lowest BCUT2D eigenvalue weighted by molar-refractivity contribution is 0.0943. The van der Waals surface area contributed by atoms with Crippen molar-refractivity contribution in [2.45, 2.75) is 29.9 Å². The number of halogens is 1. The highest BCUT2D eigenvalue weighted by atomic mass is 35.7. The molecule has 2 saturated carbocycles. The van der Waals surface area contributed by atoms with Gasteiger partial charge in [-0.3, -0.25) is 4.79 Å². The van der Waals surface area contributed by atoms with Crippen LogP contribution in [0.4, 0.5) is 0 Å². The van der Waals surface area contributed by atoms with Crippen molar-refractivity contribution in [2.75, 3.05) is 6.54 Å². The second kappa shape index (κ2) is 5.31. The van der Waals surface area contributed by atoms with Gasteiger partial charge in [0.1, 0.15) is 4.21 Å². The minimum atomic E-state index is -3.74. The zero-order valence-electron chi connectivity index (χ0n) is 10.8. The summed E-state index contributed by atoms with van der Waals surface area (Å²) in [5.74, 6) is 1.96. The van der Waals surface area contributed by atoms with E-state index in [0.717, 1.165) is 23.2 Å². The van der Waals surface area contributed by atoms with E-state index < -0.39 is 9.05 Å². The van der Waals surface area contributed by atoms with E-state index in [1.807, 2.05) is 0 Å². The molecule has 0 atom stereocenters. The molecule has 110 valence electrons. The molecule has 4 nitrogen and oxygen atoms in total. The second-order valence-corrected chi connectivity index (χ2v) is 9.35. The topological polar surface area (TPSA) is 63.2 Å². The van der Waals surface area contributed by atoms with Gasteiger partial charge >= 0.3 is 0 Å². The summed E-state index contributed by atoms with van der Waals surface area (Å²) in [4.78, 5) is 12.0. The molecule has 20 heavy (non-hydrogen) atoms. The quantitative estimate of drug-likeness (QED) is 0.814. The fourth-order valence-corrected chi connectivity index (χ4v) is 4.59. The van der Waals surface area contributed by atoms with E-state index in [-0.39, 0.29) is 10.1 Å². The number of carbonyl (C=O) groups is 1. The van der Waals surface area contributed by atoms with Crippen LogP contribution >= 0.6 is 22.0 Å². The molecule has 1 amide bonds. The number of thiophene rings is 1. The van der Waals surface area contributed by atoms with Crippen molar-refractivity contribution in [3.8, 4) is 0 Å². The summed E-state index contributed by atoms with van der Waals surface area (Å²) in [6.45, 7) is 0.701. The van der Waals surface area contributed by atoms with Crippen molar-refractivity contribution in [3.63, 3.8) is 0 Å². The SMILES string of the molecule is O=C(NCC(C1CC1)C1CC1)c1csc(S(=O)(=O)Cl)c1. The Kier molecular flexibility index (Phi) is 3.81.